The first-order valence-electron chi connectivity index (χ1n) is 4.32. The lowest BCUT2D eigenvalue weighted by molar-refractivity contribution is 0.129. The third-order valence-electron chi connectivity index (χ3n) is 2.47. The lowest BCUT2D eigenvalue weighted by atomic mass is 9.82. The standard InChI is InChI=1S/C10H16O/c1-3-9-6-4-5-7-10(9)8(2)11/h8,10-11H,1,4-7H2,2H3/t8-,10?/m0/s1. The van der Waals surface area contributed by atoms with Gasteiger partial charge in [0.05, 0.1) is 6.10 Å². The molecule has 0 aliphatic heterocycles. The second-order valence-electron chi connectivity index (χ2n) is 3.29. The molecule has 11 heavy (non-hydrogen) atoms. The van der Waals surface area contributed by atoms with Gasteiger partial charge in [0.25, 0.3) is 0 Å². The van der Waals surface area contributed by atoms with Crippen molar-refractivity contribution >= 4 is 0 Å². The molecule has 1 saturated carbocycles. The number of aliphatic hydroxyl groups excluding tert-OH is 1. The molecular weight excluding hydrogens is 136 g/mol. The minimum Gasteiger partial charge on any atom is -0.393 e. The van der Waals surface area contributed by atoms with Crippen LogP contribution in [0.1, 0.15) is 32.6 Å². The Morgan fingerprint density at radius 1 is 1.64 bits per heavy atom. The summed E-state index contributed by atoms with van der Waals surface area (Å²) in [5.41, 5.74) is 4.17. The van der Waals surface area contributed by atoms with E-state index in [4.69, 9.17) is 0 Å². The van der Waals surface area contributed by atoms with E-state index in [1.165, 1.54) is 18.4 Å². The van der Waals surface area contributed by atoms with Crippen LogP contribution in [0.15, 0.2) is 17.9 Å². The minimum atomic E-state index is -0.223. The monoisotopic (exact) mass is 152 g/mol. The Labute approximate surface area is 68.4 Å². The number of hydrogen-bond donors (Lipinski definition) is 1. The van der Waals surface area contributed by atoms with E-state index < -0.39 is 0 Å². The van der Waals surface area contributed by atoms with Crippen molar-refractivity contribution in [1.82, 2.24) is 0 Å². The van der Waals surface area contributed by atoms with Gasteiger partial charge in [-0.2, -0.15) is 0 Å². The molecule has 1 N–H and O–H groups in total. The van der Waals surface area contributed by atoms with Crippen molar-refractivity contribution in [2.75, 3.05) is 0 Å². The van der Waals surface area contributed by atoms with Gasteiger partial charge in [-0.05, 0) is 31.8 Å². The fourth-order valence-corrected chi connectivity index (χ4v) is 1.79. The zero-order valence-corrected chi connectivity index (χ0v) is 7.14. The van der Waals surface area contributed by atoms with E-state index in [1.807, 2.05) is 6.92 Å². The highest BCUT2D eigenvalue weighted by molar-refractivity contribution is 5.08. The maximum Gasteiger partial charge on any atom is 0.0583 e. The van der Waals surface area contributed by atoms with Crippen LogP contribution < -0.4 is 0 Å². The van der Waals surface area contributed by atoms with Crippen molar-refractivity contribution in [3.05, 3.63) is 17.9 Å². The van der Waals surface area contributed by atoms with Crippen molar-refractivity contribution in [2.45, 2.75) is 38.7 Å². The zero-order valence-electron chi connectivity index (χ0n) is 7.14. The van der Waals surface area contributed by atoms with Crippen molar-refractivity contribution in [1.29, 1.82) is 0 Å². The molecule has 1 unspecified atom stereocenters. The van der Waals surface area contributed by atoms with E-state index in [-0.39, 0.29) is 6.10 Å². The number of hydrogen-bond acceptors (Lipinski definition) is 1. The topological polar surface area (TPSA) is 20.2 Å². The Morgan fingerprint density at radius 2 is 2.36 bits per heavy atom. The Kier molecular flexibility index (Phi) is 2.92. The lowest BCUT2D eigenvalue weighted by Crippen LogP contribution is -2.21. The molecule has 1 aliphatic rings. The van der Waals surface area contributed by atoms with E-state index >= 15 is 0 Å². The summed E-state index contributed by atoms with van der Waals surface area (Å²) in [4.78, 5) is 0. The summed E-state index contributed by atoms with van der Waals surface area (Å²) in [5.74, 6) is 0.334. The summed E-state index contributed by atoms with van der Waals surface area (Å²) in [6.45, 7) is 5.50. The Hall–Kier alpha value is -0.520. The van der Waals surface area contributed by atoms with Crippen molar-refractivity contribution < 1.29 is 5.11 Å². The van der Waals surface area contributed by atoms with Gasteiger partial charge in [0.2, 0.25) is 0 Å². The first-order chi connectivity index (χ1) is 5.25. The van der Waals surface area contributed by atoms with Crippen LogP contribution in [0.3, 0.4) is 0 Å². The lowest BCUT2D eigenvalue weighted by Gasteiger charge is -2.25. The number of rotatable bonds is 1. The van der Waals surface area contributed by atoms with E-state index in [0.29, 0.717) is 5.92 Å². The highest BCUT2D eigenvalue weighted by Gasteiger charge is 2.22. The van der Waals surface area contributed by atoms with E-state index in [0.717, 1.165) is 12.8 Å². The molecule has 0 amide bonds. The molecule has 0 saturated heterocycles. The smallest absolute Gasteiger partial charge is 0.0583 e. The van der Waals surface area contributed by atoms with Gasteiger partial charge in [-0.3, -0.25) is 0 Å². The minimum absolute atomic E-state index is 0.223. The third-order valence-corrected chi connectivity index (χ3v) is 2.47. The van der Waals surface area contributed by atoms with Gasteiger partial charge in [0.1, 0.15) is 0 Å². The molecule has 2 atom stereocenters. The maximum absolute atomic E-state index is 9.39. The maximum atomic E-state index is 9.39. The molecule has 0 spiro atoms. The van der Waals surface area contributed by atoms with E-state index in [1.54, 1.807) is 0 Å². The summed E-state index contributed by atoms with van der Waals surface area (Å²) in [7, 11) is 0. The average molecular weight is 152 g/mol. The Balaban J connectivity index is 2.67. The van der Waals surface area contributed by atoms with Crippen molar-refractivity contribution in [3.8, 4) is 0 Å². The van der Waals surface area contributed by atoms with E-state index in [2.05, 4.69) is 12.3 Å². The van der Waals surface area contributed by atoms with Crippen LogP contribution in [0.2, 0.25) is 0 Å². The second-order valence-corrected chi connectivity index (χ2v) is 3.29. The first kappa shape index (κ1) is 8.58. The fourth-order valence-electron chi connectivity index (χ4n) is 1.79. The summed E-state index contributed by atoms with van der Waals surface area (Å²) >= 11 is 0. The van der Waals surface area contributed by atoms with Gasteiger partial charge >= 0.3 is 0 Å². The quantitative estimate of drug-likeness (QED) is 0.571. The second kappa shape index (κ2) is 3.75. The highest BCUT2D eigenvalue weighted by Crippen LogP contribution is 2.30. The Bertz CT molecular complexity index is 175. The summed E-state index contributed by atoms with van der Waals surface area (Å²) in [6, 6.07) is 0. The zero-order chi connectivity index (χ0) is 8.27. The first-order valence-corrected chi connectivity index (χ1v) is 4.32. The summed E-state index contributed by atoms with van der Waals surface area (Å²) in [6.07, 6.45) is 4.44. The van der Waals surface area contributed by atoms with E-state index in [9.17, 15) is 5.11 Å². The molecule has 1 heteroatoms. The molecule has 0 aromatic carbocycles. The third kappa shape index (κ3) is 1.95. The molecule has 1 aliphatic carbocycles. The van der Waals surface area contributed by atoms with Crippen molar-refractivity contribution in [3.63, 3.8) is 0 Å². The average Bonchev–Trinajstić information content (AvgIpc) is 2.04. The van der Waals surface area contributed by atoms with Crippen LogP contribution in [0.4, 0.5) is 0 Å². The van der Waals surface area contributed by atoms with Gasteiger partial charge < -0.3 is 5.11 Å². The van der Waals surface area contributed by atoms with Crippen LogP contribution in [0, 0.1) is 5.92 Å². The van der Waals surface area contributed by atoms with Gasteiger partial charge in [-0.15, -0.1) is 5.73 Å². The predicted octanol–water partition coefficient (Wildman–Crippen LogP) is 2.27. The fraction of sp³-hybridized carbons (Fsp3) is 0.700. The summed E-state index contributed by atoms with van der Waals surface area (Å²) in [5, 5.41) is 9.39. The molecular formula is C10H16O. The van der Waals surface area contributed by atoms with Gasteiger partial charge in [0, 0.05) is 5.92 Å². The number of aliphatic hydroxyl groups is 1. The van der Waals surface area contributed by atoms with Crippen LogP contribution in [0.5, 0.6) is 0 Å². The molecule has 0 radical (unpaired) electrons. The largest absolute Gasteiger partial charge is 0.393 e. The van der Waals surface area contributed by atoms with Crippen molar-refractivity contribution in [2.24, 2.45) is 5.92 Å². The van der Waals surface area contributed by atoms with Crippen LogP contribution in [-0.4, -0.2) is 11.2 Å². The molecule has 0 aromatic heterocycles. The summed E-state index contributed by atoms with van der Waals surface area (Å²) < 4.78 is 0. The van der Waals surface area contributed by atoms with Crippen LogP contribution in [0.25, 0.3) is 0 Å². The molecule has 0 aromatic rings. The molecule has 0 heterocycles. The van der Waals surface area contributed by atoms with Crippen LogP contribution in [-0.2, 0) is 0 Å². The molecule has 1 nitrogen and oxygen atoms in total. The van der Waals surface area contributed by atoms with Crippen LogP contribution >= 0.6 is 0 Å². The molecule has 1 rings (SSSR count). The molecule has 0 bridgehead atoms. The van der Waals surface area contributed by atoms with Gasteiger partial charge in [-0.1, -0.05) is 13.0 Å². The normalized spacial score (nSPS) is 27.8. The molecule has 1 fully saturated rings. The SMILES string of the molecule is C=C=C1CCCCC1[C@H](C)O. The predicted molar refractivity (Wildman–Crippen MR) is 46.3 cm³/mol. The highest BCUT2D eigenvalue weighted by atomic mass is 16.3. The Morgan fingerprint density at radius 3 is 2.82 bits per heavy atom. The van der Waals surface area contributed by atoms with Gasteiger partial charge in [0.15, 0.2) is 0 Å². The molecule has 62 valence electrons. The van der Waals surface area contributed by atoms with Gasteiger partial charge in [-0.25, -0.2) is 0 Å².